The van der Waals surface area contributed by atoms with Gasteiger partial charge in [-0.15, -0.1) is 0 Å². The van der Waals surface area contributed by atoms with Crippen LogP contribution in [0.3, 0.4) is 0 Å². The minimum absolute atomic E-state index is 0.840. The molecule has 0 aliphatic rings. The smallest absolute Gasteiger partial charge is 0.171 e. The summed E-state index contributed by atoms with van der Waals surface area (Å²) in [7, 11) is -2.97. The quantitative estimate of drug-likeness (QED) is 0.138. The van der Waals surface area contributed by atoms with E-state index in [-0.39, 0.29) is 0 Å². The zero-order chi connectivity index (χ0) is 29.2. The van der Waals surface area contributed by atoms with Gasteiger partial charge in [0.1, 0.15) is 0 Å². The fourth-order valence-electron chi connectivity index (χ4n) is 6.08. The molecule has 3 heteroatoms. The third-order valence-electron chi connectivity index (χ3n) is 8.30. The van der Waals surface area contributed by atoms with E-state index >= 15 is 0 Å². The molecule has 0 aliphatic heterocycles. The summed E-state index contributed by atoms with van der Waals surface area (Å²) in [6.07, 6.45) is 4.36. The Bertz CT molecular complexity index is 2060. The molecular weight excluding hydrogens is 541 g/mol. The first kappa shape index (κ1) is 27.0. The van der Waals surface area contributed by atoms with Crippen LogP contribution in [-0.2, 0) is 11.1 Å². The SMILES string of the molecule is CCn1c2ccccc2c2cc(/C=C/c3ccc(-c4ccc(P(=O)(c5ccccc5)c5ccccc5)cc4)cc3)ccc21. The summed E-state index contributed by atoms with van der Waals surface area (Å²) >= 11 is 0. The van der Waals surface area contributed by atoms with E-state index < -0.39 is 7.14 Å². The van der Waals surface area contributed by atoms with E-state index in [4.69, 9.17) is 0 Å². The van der Waals surface area contributed by atoms with Crippen LogP contribution in [0, 0.1) is 0 Å². The largest absolute Gasteiger partial charge is 0.341 e. The van der Waals surface area contributed by atoms with Gasteiger partial charge in [0.15, 0.2) is 7.14 Å². The Morgan fingerprint density at radius 2 is 1.00 bits per heavy atom. The van der Waals surface area contributed by atoms with Gasteiger partial charge in [0.05, 0.1) is 0 Å². The summed E-state index contributed by atoms with van der Waals surface area (Å²) in [5.41, 5.74) is 7.13. The van der Waals surface area contributed by atoms with Crippen LogP contribution in [0.1, 0.15) is 18.1 Å². The number of para-hydroxylation sites is 1. The highest BCUT2D eigenvalue weighted by Crippen LogP contribution is 2.42. The van der Waals surface area contributed by atoms with Crippen LogP contribution in [0.4, 0.5) is 0 Å². The minimum atomic E-state index is -2.97. The molecule has 7 aromatic rings. The van der Waals surface area contributed by atoms with Gasteiger partial charge in [-0.3, -0.25) is 0 Å². The van der Waals surface area contributed by atoms with Gasteiger partial charge in [0.2, 0.25) is 0 Å². The number of hydrogen-bond donors (Lipinski definition) is 0. The summed E-state index contributed by atoms with van der Waals surface area (Å²) in [6, 6.07) is 51.8. The predicted molar refractivity (Wildman–Crippen MR) is 185 cm³/mol. The molecule has 0 fully saturated rings. The number of fused-ring (bicyclic) bond motifs is 3. The maximum atomic E-state index is 14.6. The van der Waals surface area contributed by atoms with Crippen LogP contribution in [0.2, 0.25) is 0 Å². The normalized spacial score (nSPS) is 11.9. The van der Waals surface area contributed by atoms with Gasteiger partial charge >= 0.3 is 0 Å². The lowest BCUT2D eigenvalue weighted by atomic mass is 10.0. The molecule has 0 bridgehead atoms. The summed E-state index contributed by atoms with van der Waals surface area (Å²) in [6.45, 7) is 3.15. The summed E-state index contributed by atoms with van der Waals surface area (Å²) < 4.78 is 17.0. The van der Waals surface area contributed by atoms with Crippen molar-refractivity contribution in [3.8, 4) is 11.1 Å². The molecule has 0 atom stereocenters. The number of rotatable bonds is 7. The fraction of sp³-hybridized carbons (Fsp3) is 0.0500. The number of nitrogens with zero attached hydrogens (tertiary/aromatic N) is 1. The van der Waals surface area contributed by atoms with Crippen molar-refractivity contribution in [3.63, 3.8) is 0 Å². The molecule has 2 nitrogen and oxygen atoms in total. The Morgan fingerprint density at radius 1 is 0.512 bits per heavy atom. The molecule has 43 heavy (non-hydrogen) atoms. The molecule has 6 aromatic carbocycles. The molecule has 1 heterocycles. The van der Waals surface area contributed by atoms with Crippen molar-refractivity contribution in [2.24, 2.45) is 0 Å². The Morgan fingerprint density at radius 3 is 1.63 bits per heavy atom. The number of aromatic nitrogens is 1. The Balaban J connectivity index is 1.14. The molecule has 208 valence electrons. The second-order valence-electron chi connectivity index (χ2n) is 10.8. The van der Waals surface area contributed by atoms with E-state index in [0.717, 1.165) is 39.1 Å². The van der Waals surface area contributed by atoms with Crippen LogP contribution in [-0.4, -0.2) is 4.57 Å². The van der Waals surface area contributed by atoms with Crippen LogP contribution in [0.15, 0.2) is 152 Å². The molecule has 0 amide bonds. The van der Waals surface area contributed by atoms with Crippen molar-refractivity contribution < 1.29 is 4.57 Å². The zero-order valence-corrected chi connectivity index (χ0v) is 25.0. The van der Waals surface area contributed by atoms with Gasteiger partial charge in [-0.1, -0.05) is 146 Å². The third-order valence-corrected chi connectivity index (χ3v) is 11.4. The molecule has 0 spiro atoms. The lowest BCUT2D eigenvalue weighted by Crippen LogP contribution is -2.24. The molecule has 7 rings (SSSR count). The molecule has 0 saturated heterocycles. The van der Waals surface area contributed by atoms with Crippen LogP contribution >= 0.6 is 7.14 Å². The Kier molecular flexibility index (Phi) is 7.15. The number of hydrogen-bond acceptors (Lipinski definition) is 1. The minimum Gasteiger partial charge on any atom is -0.341 e. The summed E-state index contributed by atoms with van der Waals surface area (Å²) in [5.74, 6) is 0. The first-order valence-electron chi connectivity index (χ1n) is 14.8. The lowest BCUT2D eigenvalue weighted by Gasteiger charge is -2.20. The highest BCUT2D eigenvalue weighted by atomic mass is 31.2. The van der Waals surface area contributed by atoms with Crippen LogP contribution in [0.5, 0.6) is 0 Å². The molecule has 0 unspecified atom stereocenters. The van der Waals surface area contributed by atoms with Gasteiger partial charge in [-0.2, -0.15) is 0 Å². The number of benzene rings is 6. The maximum Gasteiger partial charge on any atom is 0.171 e. The Labute approximate surface area is 253 Å². The van der Waals surface area contributed by atoms with Gasteiger partial charge in [-0.05, 0) is 47.4 Å². The first-order valence-corrected chi connectivity index (χ1v) is 16.5. The highest BCUT2D eigenvalue weighted by Gasteiger charge is 2.29. The topological polar surface area (TPSA) is 22.0 Å². The second-order valence-corrected chi connectivity index (χ2v) is 13.6. The molecule has 0 radical (unpaired) electrons. The molecule has 0 N–H and O–H groups in total. The highest BCUT2D eigenvalue weighted by molar-refractivity contribution is 7.85. The van der Waals surface area contributed by atoms with Gasteiger partial charge in [0.25, 0.3) is 0 Å². The lowest BCUT2D eigenvalue weighted by molar-refractivity contribution is 0.592. The fourth-order valence-corrected chi connectivity index (χ4v) is 8.73. The van der Waals surface area contributed by atoms with E-state index in [1.165, 1.54) is 27.4 Å². The standard InChI is InChI=1S/C40H32NOP/c1-2-41-39-16-10-9-15-37(39)38-29-31(21-28-40(38)41)18-17-30-19-22-32(23-20-30)33-24-26-36(27-25-33)43(42,34-11-5-3-6-12-34)35-13-7-4-8-14-35/h3-29H,2H2,1H3/b18-17+. The van der Waals surface area contributed by atoms with Crippen molar-refractivity contribution in [1.29, 1.82) is 0 Å². The van der Waals surface area contributed by atoms with E-state index in [1.54, 1.807) is 0 Å². The molecule has 0 aliphatic carbocycles. The van der Waals surface area contributed by atoms with Gasteiger partial charge in [0, 0.05) is 44.3 Å². The van der Waals surface area contributed by atoms with Crippen LogP contribution in [0.25, 0.3) is 45.1 Å². The molecular formula is C40H32NOP. The van der Waals surface area contributed by atoms with Crippen molar-refractivity contribution in [1.82, 2.24) is 4.57 Å². The average molecular weight is 574 g/mol. The van der Waals surface area contributed by atoms with E-state index in [2.05, 4.69) is 103 Å². The van der Waals surface area contributed by atoms with E-state index in [1.807, 2.05) is 72.8 Å². The zero-order valence-electron chi connectivity index (χ0n) is 24.1. The van der Waals surface area contributed by atoms with Crippen molar-refractivity contribution in [3.05, 3.63) is 163 Å². The predicted octanol–water partition coefficient (Wildman–Crippen LogP) is 9.29. The summed E-state index contributed by atoms with van der Waals surface area (Å²) in [4.78, 5) is 0. The van der Waals surface area contributed by atoms with E-state index in [0.29, 0.717) is 0 Å². The monoisotopic (exact) mass is 573 g/mol. The second kappa shape index (κ2) is 11.4. The van der Waals surface area contributed by atoms with Crippen LogP contribution < -0.4 is 15.9 Å². The first-order chi connectivity index (χ1) is 21.1. The third kappa shape index (κ3) is 4.95. The summed E-state index contributed by atoms with van der Waals surface area (Å²) in [5, 5.41) is 5.13. The van der Waals surface area contributed by atoms with E-state index in [9.17, 15) is 4.57 Å². The maximum absolute atomic E-state index is 14.6. The average Bonchev–Trinajstić information content (AvgIpc) is 3.41. The molecule has 0 saturated carbocycles. The molecule has 1 aromatic heterocycles. The number of aryl methyl sites for hydroxylation is 1. The van der Waals surface area contributed by atoms with Gasteiger partial charge in [-0.25, -0.2) is 0 Å². The van der Waals surface area contributed by atoms with Gasteiger partial charge < -0.3 is 9.13 Å². The Hall–Kier alpha value is -4.91. The van der Waals surface area contributed by atoms with Crippen molar-refractivity contribution in [2.75, 3.05) is 0 Å². The van der Waals surface area contributed by atoms with Crippen molar-refractivity contribution >= 4 is 57.0 Å². The van der Waals surface area contributed by atoms with Crippen molar-refractivity contribution in [2.45, 2.75) is 13.5 Å².